The van der Waals surface area contributed by atoms with Crippen LogP contribution in [-0.4, -0.2) is 35.9 Å². The molecule has 23 heavy (non-hydrogen) atoms. The van der Waals surface area contributed by atoms with Crippen molar-refractivity contribution < 1.29 is 24.0 Å². The van der Waals surface area contributed by atoms with Gasteiger partial charge in [-0.05, 0) is 6.07 Å². The molecule has 0 aliphatic carbocycles. The van der Waals surface area contributed by atoms with E-state index in [0.717, 1.165) is 18.1 Å². The van der Waals surface area contributed by atoms with Gasteiger partial charge < -0.3 is 10.2 Å². The molecule has 10 nitrogen and oxygen atoms in total. The lowest BCUT2D eigenvalue weighted by Crippen LogP contribution is -2.42. The number of nitrogens with one attached hydrogen (secondary N) is 2. The number of amides is 2. The highest BCUT2D eigenvalue weighted by atomic mass is 16.6. The summed E-state index contributed by atoms with van der Waals surface area (Å²) in [5.41, 5.74) is 4.56. The predicted molar refractivity (Wildman–Crippen MR) is 74.7 cm³/mol. The van der Waals surface area contributed by atoms with Crippen LogP contribution in [0.2, 0.25) is 0 Å². The number of rotatable bonds is 3. The minimum Gasteiger partial charge on any atom is -0.464 e. The fourth-order valence-electron chi connectivity index (χ4n) is 2.45. The second-order valence-electron chi connectivity index (χ2n) is 4.74. The standard InChI is InChI=1S/C13H10N4O6/c1-23-13(20)10-8-9(14-15-10)12(19)16(11(8)18)6-3-2-4-7(5-6)17(21)22/h2-5,9,14-15H,1H3. The SMILES string of the molecule is COC(=O)C1=C2C(=O)N(c3cccc([N+](=O)[O-])c3)C(=O)C2NN1. The lowest BCUT2D eigenvalue weighted by molar-refractivity contribution is -0.384. The number of hydrogen-bond acceptors (Lipinski definition) is 8. The Labute approximate surface area is 128 Å². The van der Waals surface area contributed by atoms with Crippen molar-refractivity contribution in [2.75, 3.05) is 12.0 Å². The molecule has 3 rings (SSSR count). The molecule has 2 amide bonds. The summed E-state index contributed by atoms with van der Waals surface area (Å²) in [6.07, 6.45) is 0. The Morgan fingerprint density at radius 3 is 2.78 bits per heavy atom. The monoisotopic (exact) mass is 318 g/mol. The highest BCUT2D eigenvalue weighted by Gasteiger charge is 2.50. The van der Waals surface area contributed by atoms with E-state index in [2.05, 4.69) is 15.6 Å². The van der Waals surface area contributed by atoms with Crippen LogP contribution in [0, 0.1) is 10.1 Å². The highest BCUT2D eigenvalue weighted by molar-refractivity contribution is 6.32. The number of non-ortho nitro benzene ring substituents is 1. The number of imide groups is 1. The minimum atomic E-state index is -1.05. The van der Waals surface area contributed by atoms with Gasteiger partial charge >= 0.3 is 5.97 Å². The van der Waals surface area contributed by atoms with Crippen LogP contribution in [0.4, 0.5) is 11.4 Å². The maximum absolute atomic E-state index is 12.5. The first-order chi connectivity index (χ1) is 11.0. The van der Waals surface area contributed by atoms with Gasteiger partial charge in [0.2, 0.25) is 0 Å². The van der Waals surface area contributed by atoms with E-state index in [4.69, 9.17) is 0 Å². The van der Waals surface area contributed by atoms with Crippen molar-refractivity contribution in [1.29, 1.82) is 0 Å². The zero-order valence-electron chi connectivity index (χ0n) is 11.7. The highest BCUT2D eigenvalue weighted by Crippen LogP contribution is 2.31. The van der Waals surface area contributed by atoms with Gasteiger partial charge in [-0.25, -0.2) is 15.1 Å². The number of ether oxygens (including phenoxy) is 1. The Balaban J connectivity index is 2.05. The molecule has 0 aromatic heterocycles. The van der Waals surface area contributed by atoms with Gasteiger partial charge in [-0.15, -0.1) is 0 Å². The summed E-state index contributed by atoms with van der Waals surface area (Å²) in [5.74, 6) is -2.17. The molecule has 1 atom stereocenters. The number of esters is 1. The summed E-state index contributed by atoms with van der Waals surface area (Å²) >= 11 is 0. The first-order valence-electron chi connectivity index (χ1n) is 6.42. The van der Waals surface area contributed by atoms with Crippen molar-refractivity contribution in [3.05, 3.63) is 45.6 Å². The Morgan fingerprint density at radius 2 is 2.13 bits per heavy atom. The quantitative estimate of drug-likeness (QED) is 0.326. The molecule has 1 unspecified atom stereocenters. The zero-order valence-corrected chi connectivity index (χ0v) is 11.7. The first kappa shape index (κ1) is 14.7. The van der Waals surface area contributed by atoms with Crippen molar-refractivity contribution in [2.24, 2.45) is 0 Å². The predicted octanol–water partition coefficient (Wildman–Crippen LogP) is -0.629. The number of carbonyl (C=O) groups excluding carboxylic acids is 3. The molecule has 10 heteroatoms. The van der Waals surface area contributed by atoms with Gasteiger partial charge in [-0.2, -0.15) is 0 Å². The number of benzene rings is 1. The van der Waals surface area contributed by atoms with Crippen LogP contribution < -0.4 is 15.8 Å². The normalized spacial score (nSPS) is 19.7. The Morgan fingerprint density at radius 1 is 1.39 bits per heavy atom. The molecule has 118 valence electrons. The Kier molecular flexibility index (Phi) is 3.30. The fourth-order valence-corrected chi connectivity index (χ4v) is 2.45. The van der Waals surface area contributed by atoms with Gasteiger partial charge in [-0.1, -0.05) is 6.07 Å². The summed E-state index contributed by atoms with van der Waals surface area (Å²) in [6.45, 7) is 0. The second-order valence-corrected chi connectivity index (χ2v) is 4.74. The topological polar surface area (TPSA) is 131 Å². The number of nitro groups is 1. The number of nitrogens with zero attached hydrogens (tertiary/aromatic N) is 2. The van der Waals surface area contributed by atoms with Crippen molar-refractivity contribution in [2.45, 2.75) is 6.04 Å². The smallest absolute Gasteiger partial charge is 0.356 e. The van der Waals surface area contributed by atoms with Gasteiger partial charge in [0.25, 0.3) is 17.5 Å². The lowest BCUT2D eigenvalue weighted by Gasteiger charge is -2.15. The van der Waals surface area contributed by atoms with Crippen LogP contribution in [0.25, 0.3) is 0 Å². The van der Waals surface area contributed by atoms with Crippen molar-refractivity contribution >= 4 is 29.2 Å². The molecule has 1 aromatic carbocycles. The summed E-state index contributed by atoms with van der Waals surface area (Å²) in [4.78, 5) is 47.5. The third-order valence-electron chi connectivity index (χ3n) is 3.49. The fraction of sp³-hybridized carbons (Fsp3) is 0.154. The second kappa shape index (κ2) is 5.18. The van der Waals surface area contributed by atoms with Gasteiger partial charge in [0.15, 0.2) is 0 Å². The number of carbonyl (C=O) groups is 3. The van der Waals surface area contributed by atoms with Crippen molar-refractivity contribution in [3.63, 3.8) is 0 Å². The van der Waals surface area contributed by atoms with Gasteiger partial charge in [0, 0.05) is 12.1 Å². The Bertz CT molecular complexity index is 786. The van der Waals surface area contributed by atoms with E-state index < -0.39 is 28.7 Å². The molecule has 1 aromatic rings. The maximum Gasteiger partial charge on any atom is 0.356 e. The third-order valence-corrected chi connectivity index (χ3v) is 3.49. The van der Waals surface area contributed by atoms with E-state index in [0.29, 0.717) is 0 Å². The third kappa shape index (κ3) is 2.12. The Hall–Kier alpha value is -3.27. The van der Waals surface area contributed by atoms with Crippen LogP contribution in [0.3, 0.4) is 0 Å². The molecule has 2 aliphatic heterocycles. The van der Waals surface area contributed by atoms with Crippen LogP contribution in [0.15, 0.2) is 35.5 Å². The largest absolute Gasteiger partial charge is 0.464 e. The molecule has 0 radical (unpaired) electrons. The van der Waals surface area contributed by atoms with Gasteiger partial charge in [-0.3, -0.25) is 19.7 Å². The van der Waals surface area contributed by atoms with E-state index >= 15 is 0 Å². The maximum atomic E-state index is 12.5. The molecule has 0 saturated carbocycles. The summed E-state index contributed by atoms with van der Waals surface area (Å²) < 4.78 is 4.55. The molecular weight excluding hydrogens is 308 g/mol. The van der Waals surface area contributed by atoms with Gasteiger partial charge in [0.1, 0.15) is 11.7 Å². The van der Waals surface area contributed by atoms with Crippen LogP contribution in [0.1, 0.15) is 0 Å². The number of hydrogen-bond donors (Lipinski definition) is 2. The average molecular weight is 318 g/mol. The minimum absolute atomic E-state index is 0.0575. The number of fused-ring (bicyclic) bond motifs is 1. The molecule has 0 bridgehead atoms. The first-order valence-corrected chi connectivity index (χ1v) is 6.42. The number of methoxy groups -OCH3 is 1. The van der Waals surface area contributed by atoms with E-state index in [1.54, 1.807) is 0 Å². The van der Waals surface area contributed by atoms with E-state index in [1.165, 1.54) is 18.2 Å². The lowest BCUT2D eigenvalue weighted by atomic mass is 10.1. The van der Waals surface area contributed by atoms with Crippen LogP contribution in [0.5, 0.6) is 0 Å². The van der Waals surface area contributed by atoms with Gasteiger partial charge in [0.05, 0.1) is 23.3 Å². The summed E-state index contributed by atoms with van der Waals surface area (Å²) in [5, 5.41) is 10.8. The molecule has 1 fully saturated rings. The number of hydrazine groups is 1. The van der Waals surface area contributed by atoms with E-state index in [1.807, 2.05) is 0 Å². The number of anilines is 1. The van der Waals surface area contributed by atoms with E-state index in [9.17, 15) is 24.5 Å². The molecule has 2 aliphatic rings. The zero-order chi connectivity index (χ0) is 16.7. The van der Waals surface area contributed by atoms with E-state index in [-0.39, 0.29) is 22.6 Å². The molecular formula is C13H10N4O6. The van der Waals surface area contributed by atoms with Crippen molar-refractivity contribution in [1.82, 2.24) is 10.9 Å². The molecule has 1 saturated heterocycles. The van der Waals surface area contributed by atoms with Crippen LogP contribution in [-0.2, 0) is 19.1 Å². The molecule has 0 spiro atoms. The number of nitro benzene ring substituents is 1. The average Bonchev–Trinajstić information content (AvgIpc) is 3.08. The summed E-state index contributed by atoms with van der Waals surface area (Å²) in [6, 6.07) is 4.08. The molecule has 2 N–H and O–H groups in total. The van der Waals surface area contributed by atoms with Crippen LogP contribution >= 0.6 is 0 Å². The molecule has 2 heterocycles. The summed E-state index contributed by atoms with van der Waals surface area (Å²) in [7, 11) is 1.14. The van der Waals surface area contributed by atoms with Crippen molar-refractivity contribution in [3.8, 4) is 0 Å².